The monoisotopic (exact) mass is 392 g/mol. The molecule has 124 valence electrons. The molecule has 0 saturated carbocycles. The van der Waals surface area contributed by atoms with E-state index in [4.69, 9.17) is 9.15 Å². The van der Waals surface area contributed by atoms with Crippen molar-refractivity contribution in [1.29, 1.82) is 0 Å². The van der Waals surface area contributed by atoms with Gasteiger partial charge in [0.1, 0.15) is 11.3 Å². The van der Waals surface area contributed by atoms with Crippen molar-refractivity contribution >= 4 is 33.8 Å². The largest absolute Gasteiger partial charge is 0.442 e. The number of amides is 3. The Balaban J connectivity index is 1.78. The van der Waals surface area contributed by atoms with Gasteiger partial charge in [-0.15, -0.1) is 0 Å². The van der Waals surface area contributed by atoms with Crippen molar-refractivity contribution in [2.45, 2.75) is 19.4 Å². The number of aryl methyl sites for hydroxylation is 1. The maximum atomic E-state index is 12.1. The Morgan fingerprint density at radius 3 is 2.42 bits per heavy atom. The Morgan fingerprint density at radius 2 is 1.92 bits per heavy atom. The van der Waals surface area contributed by atoms with Crippen LogP contribution in [0.15, 0.2) is 39.4 Å². The fourth-order valence-electron chi connectivity index (χ4n) is 2.40. The van der Waals surface area contributed by atoms with Gasteiger partial charge in [0.2, 0.25) is 5.76 Å². The zero-order valence-corrected chi connectivity index (χ0v) is 14.4. The third-order valence-electron chi connectivity index (χ3n) is 3.76. The van der Waals surface area contributed by atoms with Crippen LogP contribution in [0.1, 0.15) is 28.6 Å². The second-order valence-electron chi connectivity index (χ2n) is 5.51. The number of rotatable bonds is 3. The summed E-state index contributed by atoms with van der Waals surface area (Å²) < 4.78 is 10.9. The lowest BCUT2D eigenvalue weighted by Crippen LogP contribution is -2.40. The summed E-state index contributed by atoms with van der Waals surface area (Å²) in [5.41, 5.74) is 0.0751. The lowest BCUT2D eigenvalue weighted by molar-refractivity contribution is -0.123. The topological polar surface area (TPSA) is 97.6 Å². The molecule has 0 aliphatic carbocycles. The molecule has 0 radical (unpaired) electrons. The number of imide groups is 1. The highest BCUT2D eigenvalue weighted by molar-refractivity contribution is 9.10. The van der Waals surface area contributed by atoms with Crippen LogP contribution in [0.2, 0.25) is 0 Å². The van der Waals surface area contributed by atoms with Crippen molar-refractivity contribution < 1.29 is 23.5 Å². The van der Waals surface area contributed by atoms with Gasteiger partial charge in [0, 0.05) is 5.56 Å². The molecular weight excluding hydrogens is 380 g/mol. The van der Waals surface area contributed by atoms with Gasteiger partial charge in [0.05, 0.1) is 0 Å². The maximum absolute atomic E-state index is 12.1. The van der Waals surface area contributed by atoms with Crippen molar-refractivity contribution in [1.82, 2.24) is 10.6 Å². The lowest BCUT2D eigenvalue weighted by atomic mass is 9.92. The fourth-order valence-corrected chi connectivity index (χ4v) is 2.91. The van der Waals surface area contributed by atoms with E-state index in [1.54, 1.807) is 44.2 Å². The minimum atomic E-state index is -1.15. The van der Waals surface area contributed by atoms with Gasteiger partial charge in [-0.05, 0) is 53.5 Å². The highest BCUT2D eigenvalue weighted by atomic mass is 79.9. The summed E-state index contributed by atoms with van der Waals surface area (Å²) in [7, 11) is 0. The van der Waals surface area contributed by atoms with Crippen LogP contribution in [-0.2, 0) is 10.3 Å². The summed E-state index contributed by atoms with van der Waals surface area (Å²) in [5.74, 6) is -0.651. The molecule has 2 aromatic rings. The molecule has 1 aromatic heterocycles. The molecule has 1 aliphatic heterocycles. The van der Waals surface area contributed by atoms with Gasteiger partial charge in [-0.3, -0.25) is 10.1 Å². The number of esters is 1. The molecule has 2 heterocycles. The van der Waals surface area contributed by atoms with Crippen molar-refractivity contribution in [3.63, 3.8) is 0 Å². The first kappa shape index (κ1) is 16.3. The summed E-state index contributed by atoms with van der Waals surface area (Å²) in [4.78, 5) is 35.3. The van der Waals surface area contributed by atoms with E-state index in [-0.39, 0.29) is 5.76 Å². The number of carbonyl (C=O) groups excluding carboxylic acids is 3. The van der Waals surface area contributed by atoms with E-state index in [9.17, 15) is 14.4 Å². The lowest BCUT2D eigenvalue weighted by Gasteiger charge is -2.21. The molecule has 2 N–H and O–H groups in total. The van der Waals surface area contributed by atoms with Crippen LogP contribution in [0.5, 0.6) is 5.75 Å². The SMILES string of the molecule is Cc1cc(Br)oc1C(=O)Oc1ccc([C@]2(C)NC(=O)NC2=O)cc1. The first-order valence-electron chi connectivity index (χ1n) is 7.02. The number of nitrogens with one attached hydrogen (secondary N) is 2. The minimum Gasteiger partial charge on any atom is -0.442 e. The zero-order chi connectivity index (χ0) is 17.5. The Bertz CT molecular complexity index is 843. The van der Waals surface area contributed by atoms with Gasteiger partial charge in [-0.2, -0.15) is 0 Å². The predicted molar refractivity (Wildman–Crippen MR) is 86.6 cm³/mol. The molecule has 1 aromatic carbocycles. The molecule has 1 saturated heterocycles. The number of furan rings is 1. The number of urea groups is 1. The van der Waals surface area contributed by atoms with Crippen LogP contribution in [0.4, 0.5) is 4.79 Å². The Kier molecular flexibility index (Phi) is 3.92. The van der Waals surface area contributed by atoms with Gasteiger partial charge in [-0.25, -0.2) is 9.59 Å². The molecule has 1 aliphatic rings. The number of hydrogen-bond donors (Lipinski definition) is 2. The second kappa shape index (κ2) is 5.79. The Labute approximate surface area is 145 Å². The molecule has 8 heteroatoms. The molecule has 0 unspecified atom stereocenters. The number of hydrogen-bond acceptors (Lipinski definition) is 5. The van der Waals surface area contributed by atoms with Gasteiger partial charge >= 0.3 is 12.0 Å². The fraction of sp³-hybridized carbons (Fsp3) is 0.188. The normalized spacial score (nSPS) is 19.8. The average Bonchev–Trinajstić information content (AvgIpc) is 2.98. The Morgan fingerprint density at radius 1 is 1.25 bits per heavy atom. The first-order valence-corrected chi connectivity index (χ1v) is 7.81. The van der Waals surface area contributed by atoms with Crippen molar-refractivity contribution in [3.05, 3.63) is 51.9 Å². The van der Waals surface area contributed by atoms with E-state index in [0.717, 1.165) is 0 Å². The van der Waals surface area contributed by atoms with E-state index in [2.05, 4.69) is 26.6 Å². The highest BCUT2D eigenvalue weighted by Gasteiger charge is 2.43. The summed E-state index contributed by atoms with van der Waals surface area (Å²) >= 11 is 3.15. The second-order valence-corrected chi connectivity index (χ2v) is 6.29. The number of ether oxygens (including phenoxy) is 1. The summed E-state index contributed by atoms with van der Waals surface area (Å²) in [6.07, 6.45) is 0. The van der Waals surface area contributed by atoms with Gasteiger partial charge in [-0.1, -0.05) is 12.1 Å². The van der Waals surface area contributed by atoms with Crippen LogP contribution >= 0.6 is 15.9 Å². The summed E-state index contributed by atoms with van der Waals surface area (Å²) in [6.45, 7) is 3.33. The molecule has 0 bridgehead atoms. The van der Waals surface area contributed by atoms with Crippen molar-refractivity contribution in [2.24, 2.45) is 0 Å². The van der Waals surface area contributed by atoms with Crippen LogP contribution < -0.4 is 15.4 Å². The van der Waals surface area contributed by atoms with E-state index in [0.29, 0.717) is 21.5 Å². The zero-order valence-electron chi connectivity index (χ0n) is 12.8. The van der Waals surface area contributed by atoms with Crippen LogP contribution in [0.3, 0.4) is 0 Å². The Hall–Kier alpha value is -2.61. The van der Waals surface area contributed by atoms with Crippen LogP contribution in [-0.4, -0.2) is 17.9 Å². The van der Waals surface area contributed by atoms with Gasteiger partial charge < -0.3 is 14.5 Å². The molecule has 1 atom stereocenters. The standard InChI is InChI=1S/C16H13BrN2O5/c1-8-7-11(17)24-12(8)13(20)23-10-5-3-9(4-6-10)16(2)14(21)18-15(22)19-16/h3-7H,1-2H3,(H2,18,19,21,22)/t16-/m0/s1. The van der Waals surface area contributed by atoms with Gasteiger partial charge in [0.25, 0.3) is 5.91 Å². The number of carbonyl (C=O) groups is 3. The van der Waals surface area contributed by atoms with Crippen molar-refractivity contribution in [3.8, 4) is 5.75 Å². The molecule has 7 nitrogen and oxygen atoms in total. The van der Waals surface area contributed by atoms with E-state index >= 15 is 0 Å². The quantitative estimate of drug-likeness (QED) is 0.475. The highest BCUT2D eigenvalue weighted by Crippen LogP contribution is 2.27. The van der Waals surface area contributed by atoms with E-state index < -0.39 is 23.4 Å². The molecule has 3 rings (SSSR count). The minimum absolute atomic E-state index is 0.111. The molecule has 0 spiro atoms. The van der Waals surface area contributed by atoms with Crippen molar-refractivity contribution in [2.75, 3.05) is 0 Å². The van der Waals surface area contributed by atoms with Gasteiger partial charge in [0.15, 0.2) is 4.67 Å². The van der Waals surface area contributed by atoms with E-state index in [1.807, 2.05) is 0 Å². The average molecular weight is 393 g/mol. The van der Waals surface area contributed by atoms with Crippen LogP contribution in [0.25, 0.3) is 0 Å². The smallest absolute Gasteiger partial charge is 0.379 e. The number of halogens is 1. The molecule has 24 heavy (non-hydrogen) atoms. The molecule has 3 amide bonds. The summed E-state index contributed by atoms with van der Waals surface area (Å²) in [6, 6.07) is 7.43. The predicted octanol–water partition coefficient (Wildman–Crippen LogP) is 2.62. The first-order chi connectivity index (χ1) is 11.3. The molecule has 1 fully saturated rings. The third kappa shape index (κ3) is 2.80. The maximum Gasteiger partial charge on any atom is 0.379 e. The van der Waals surface area contributed by atoms with E-state index in [1.165, 1.54) is 0 Å². The van der Waals surface area contributed by atoms with Crippen LogP contribution in [0, 0.1) is 6.92 Å². The number of benzene rings is 1. The summed E-state index contributed by atoms with van der Waals surface area (Å²) in [5, 5.41) is 4.76. The molecular formula is C16H13BrN2O5. The third-order valence-corrected chi connectivity index (χ3v) is 4.15.